The van der Waals surface area contributed by atoms with Crippen molar-refractivity contribution in [2.45, 2.75) is 18.8 Å². The van der Waals surface area contributed by atoms with Crippen LogP contribution in [0.15, 0.2) is 42.9 Å². The second kappa shape index (κ2) is 5.73. The summed E-state index contributed by atoms with van der Waals surface area (Å²) in [6.45, 7) is 1.83. The number of fused-ring (bicyclic) bond motifs is 1. The van der Waals surface area contributed by atoms with Crippen molar-refractivity contribution in [1.82, 2.24) is 15.0 Å². The van der Waals surface area contributed by atoms with Gasteiger partial charge in [0.1, 0.15) is 17.5 Å². The monoisotopic (exact) mass is 303 g/mol. The Hall–Kier alpha value is -2.87. The van der Waals surface area contributed by atoms with Gasteiger partial charge in [0.2, 0.25) is 0 Å². The summed E-state index contributed by atoms with van der Waals surface area (Å²) in [4.78, 5) is 14.3. The van der Waals surface area contributed by atoms with Crippen LogP contribution in [-0.4, -0.2) is 28.0 Å². The summed E-state index contributed by atoms with van der Waals surface area (Å²) in [5, 5.41) is 10.5. The molecule has 0 amide bonds. The second-order valence-electron chi connectivity index (χ2n) is 5.92. The van der Waals surface area contributed by atoms with E-state index in [-0.39, 0.29) is 0 Å². The first-order chi connectivity index (χ1) is 11.4. The number of hydrogen-bond acceptors (Lipinski definition) is 4. The molecule has 23 heavy (non-hydrogen) atoms. The number of rotatable bonds is 2. The quantitative estimate of drug-likeness (QED) is 0.789. The number of piperidine rings is 1. The fourth-order valence-electron chi connectivity index (χ4n) is 3.47. The van der Waals surface area contributed by atoms with E-state index in [0.29, 0.717) is 11.5 Å². The molecule has 1 aliphatic rings. The van der Waals surface area contributed by atoms with Crippen molar-refractivity contribution in [3.63, 3.8) is 0 Å². The molecule has 0 saturated carbocycles. The van der Waals surface area contributed by atoms with Gasteiger partial charge in [0, 0.05) is 43.0 Å². The Bertz CT molecular complexity index is 876. The number of H-pyrrole nitrogens is 1. The molecule has 3 aromatic rings. The number of hydrogen-bond donors (Lipinski definition) is 1. The molecule has 0 unspecified atom stereocenters. The zero-order chi connectivity index (χ0) is 15.6. The Labute approximate surface area is 134 Å². The Kier molecular flexibility index (Phi) is 3.43. The molecule has 4 rings (SSSR count). The molecule has 5 nitrogen and oxygen atoms in total. The third kappa shape index (κ3) is 2.42. The fourth-order valence-corrected chi connectivity index (χ4v) is 3.47. The van der Waals surface area contributed by atoms with Gasteiger partial charge in [-0.1, -0.05) is 0 Å². The van der Waals surface area contributed by atoms with E-state index in [1.165, 1.54) is 10.9 Å². The third-order valence-corrected chi connectivity index (χ3v) is 4.55. The smallest absolute Gasteiger partial charge is 0.146 e. The molecule has 1 atom stereocenters. The van der Waals surface area contributed by atoms with E-state index in [2.05, 4.69) is 38.2 Å². The Balaban J connectivity index is 1.66. The molecule has 5 heteroatoms. The lowest BCUT2D eigenvalue weighted by Crippen LogP contribution is -2.35. The van der Waals surface area contributed by atoms with Crippen molar-refractivity contribution in [2.75, 3.05) is 18.0 Å². The molecule has 0 radical (unpaired) electrons. The lowest BCUT2D eigenvalue weighted by molar-refractivity contribution is 0.509. The van der Waals surface area contributed by atoms with E-state index in [4.69, 9.17) is 0 Å². The molecule has 0 bridgehead atoms. The molecule has 3 aromatic heterocycles. The molecule has 1 aliphatic heterocycles. The molecule has 0 aliphatic carbocycles. The van der Waals surface area contributed by atoms with Crippen LogP contribution in [0.3, 0.4) is 0 Å². The van der Waals surface area contributed by atoms with Crippen LogP contribution in [0.1, 0.15) is 29.9 Å². The highest BCUT2D eigenvalue weighted by Crippen LogP contribution is 2.33. The molecule has 0 aromatic carbocycles. The van der Waals surface area contributed by atoms with Gasteiger partial charge in [-0.2, -0.15) is 5.26 Å². The molecule has 114 valence electrons. The minimum atomic E-state index is 0.426. The van der Waals surface area contributed by atoms with Crippen LogP contribution in [0.5, 0.6) is 0 Å². The van der Waals surface area contributed by atoms with Crippen molar-refractivity contribution in [2.24, 2.45) is 0 Å². The van der Waals surface area contributed by atoms with E-state index >= 15 is 0 Å². The summed E-state index contributed by atoms with van der Waals surface area (Å²) in [6, 6.07) is 10.00. The highest BCUT2D eigenvalue weighted by molar-refractivity contribution is 5.80. The van der Waals surface area contributed by atoms with E-state index < -0.39 is 0 Å². The maximum atomic E-state index is 9.31. The number of anilines is 1. The molecular weight excluding hydrogens is 286 g/mol. The summed E-state index contributed by atoms with van der Waals surface area (Å²) >= 11 is 0. The number of nitriles is 1. The van der Waals surface area contributed by atoms with Gasteiger partial charge in [-0.3, -0.25) is 0 Å². The van der Waals surface area contributed by atoms with Crippen LogP contribution in [-0.2, 0) is 0 Å². The largest absolute Gasteiger partial charge is 0.355 e. The second-order valence-corrected chi connectivity index (χ2v) is 5.92. The highest BCUT2D eigenvalue weighted by atomic mass is 15.2. The minimum absolute atomic E-state index is 0.426. The summed E-state index contributed by atoms with van der Waals surface area (Å²) in [5.41, 5.74) is 2.90. The van der Waals surface area contributed by atoms with Gasteiger partial charge in [0.25, 0.3) is 0 Å². The van der Waals surface area contributed by atoms with Gasteiger partial charge >= 0.3 is 0 Å². The SMILES string of the molecule is N#Cc1cccnc1N1CCC[C@H](c2c[nH]c3ncccc23)C1. The van der Waals surface area contributed by atoms with Crippen molar-refractivity contribution >= 4 is 16.9 Å². The number of aromatic nitrogens is 3. The molecular formula is C18H17N5. The first-order valence-corrected chi connectivity index (χ1v) is 7.89. The van der Waals surface area contributed by atoms with Crippen LogP contribution in [0.2, 0.25) is 0 Å². The number of nitrogens with one attached hydrogen (secondary N) is 1. The topological polar surface area (TPSA) is 68.6 Å². The number of nitrogens with zero attached hydrogens (tertiary/aromatic N) is 4. The summed E-state index contributed by atoms with van der Waals surface area (Å²) in [6.07, 6.45) is 7.89. The van der Waals surface area contributed by atoms with Gasteiger partial charge in [0.05, 0.1) is 5.56 Å². The van der Waals surface area contributed by atoms with Crippen LogP contribution in [0.4, 0.5) is 5.82 Å². The standard InChI is InChI=1S/C18H17N5/c19-10-13-4-1-8-21-18(13)23-9-3-5-14(12-23)16-11-22-17-15(16)6-2-7-20-17/h1-2,4,6-8,11,14H,3,5,9,12H2,(H,20,22)/t14-/m0/s1. The summed E-state index contributed by atoms with van der Waals surface area (Å²) in [7, 11) is 0. The zero-order valence-electron chi connectivity index (χ0n) is 12.7. The van der Waals surface area contributed by atoms with Crippen LogP contribution in [0.25, 0.3) is 11.0 Å². The minimum Gasteiger partial charge on any atom is -0.355 e. The van der Waals surface area contributed by atoms with E-state index in [0.717, 1.165) is 37.4 Å². The average molecular weight is 303 g/mol. The molecule has 1 N–H and O–H groups in total. The maximum Gasteiger partial charge on any atom is 0.146 e. The molecule has 1 fully saturated rings. The first-order valence-electron chi connectivity index (χ1n) is 7.89. The van der Waals surface area contributed by atoms with Crippen LogP contribution >= 0.6 is 0 Å². The lowest BCUT2D eigenvalue weighted by Gasteiger charge is -2.34. The predicted octanol–water partition coefficient (Wildman–Crippen LogP) is 3.21. The predicted molar refractivity (Wildman–Crippen MR) is 89.2 cm³/mol. The van der Waals surface area contributed by atoms with Crippen LogP contribution < -0.4 is 4.90 Å². The van der Waals surface area contributed by atoms with Crippen molar-refractivity contribution < 1.29 is 0 Å². The van der Waals surface area contributed by atoms with Gasteiger partial charge in [-0.05, 0) is 42.7 Å². The molecule has 4 heterocycles. The summed E-state index contributed by atoms with van der Waals surface area (Å²) < 4.78 is 0. The normalized spacial score (nSPS) is 18.0. The molecule has 0 spiro atoms. The maximum absolute atomic E-state index is 9.31. The third-order valence-electron chi connectivity index (χ3n) is 4.55. The van der Waals surface area contributed by atoms with Gasteiger partial charge in [0.15, 0.2) is 0 Å². The van der Waals surface area contributed by atoms with E-state index in [1.54, 1.807) is 6.20 Å². The zero-order valence-corrected chi connectivity index (χ0v) is 12.7. The fraction of sp³-hybridized carbons (Fsp3) is 0.278. The van der Waals surface area contributed by atoms with Gasteiger partial charge < -0.3 is 9.88 Å². The Morgan fingerprint density at radius 3 is 3.00 bits per heavy atom. The Morgan fingerprint density at radius 2 is 2.09 bits per heavy atom. The first kappa shape index (κ1) is 13.8. The van der Waals surface area contributed by atoms with Crippen LogP contribution in [0, 0.1) is 11.3 Å². The van der Waals surface area contributed by atoms with Gasteiger partial charge in [-0.15, -0.1) is 0 Å². The Morgan fingerprint density at radius 1 is 1.22 bits per heavy atom. The average Bonchev–Trinajstić information content (AvgIpc) is 3.06. The highest BCUT2D eigenvalue weighted by Gasteiger charge is 2.25. The van der Waals surface area contributed by atoms with E-state index in [9.17, 15) is 5.26 Å². The van der Waals surface area contributed by atoms with Gasteiger partial charge in [-0.25, -0.2) is 9.97 Å². The van der Waals surface area contributed by atoms with E-state index in [1.807, 2.05) is 24.4 Å². The summed E-state index contributed by atoms with van der Waals surface area (Å²) in [5.74, 6) is 1.23. The van der Waals surface area contributed by atoms with Crippen molar-refractivity contribution in [3.8, 4) is 6.07 Å². The number of pyridine rings is 2. The lowest BCUT2D eigenvalue weighted by atomic mass is 9.90. The molecule has 1 saturated heterocycles. The number of aromatic amines is 1. The van der Waals surface area contributed by atoms with Crippen molar-refractivity contribution in [3.05, 3.63) is 54.0 Å². The van der Waals surface area contributed by atoms with Crippen molar-refractivity contribution in [1.29, 1.82) is 5.26 Å².